The van der Waals surface area contributed by atoms with Crippen molar-refractivity contribution in [3.63, 3.8) is 0 Å². The van der Waals surface area contributed by atoms with E-state index in [0.29, 0.717) is 38.0 Å². The third-order valence-corrected chi connectivity index (χ3v) is 7.19. The van der Waals surface area contributed by atoms with Crippen molar-refractivity contribution in [1.82, 2.24) is 10.6 Å². The number of nitrogens with two attached hydrogens (primary N) is 1. The molecule has 2 aromatic carbocycles. The van der Waals surface area contributed by atoms with Crippen LogP contribution in [0.15, 0.2) is 73.6 Å². The van der Waals surface area contributed by atoms with Gasteiger partial charge in [0.05, 0.1) is 12.2 Å². The van der Waals surface area contributed by atoms with E-state index in [2.05, 4.69) is 35.9 Å². The highest BCUT2D eigenvalue weighted by Gasteiger charge is 2.37. The second-order valence-electron chi connectivity index (χ2n) is 10.2. The number of aliphatic carboxylic acids is 1. The normalized spacial score (nSPS) is 14.3. The summed E-state index contributed by atoms with van der Waals surface area (Å²) >= 11 is 0. The first-order chi connectivity index (χ1) is 18.7. The van der Waals surface area contributed by atoms with Crippen LogP contribution >= 0.6 is 0 Å². The Balaban J connectivity index is 1.68. The molecular formula is C31H39N3O5. The summed E-state index contributed by atoms with van der Waals surface area (Å²) < 4.78 is 5.73. The molecule has 39 heavy (non-hydrogen) atoms. The number of nitrogens with one attached hydrogen (secondary N) is 2. The number of esters is 1. The number of carboxylic acids is 1. The Morgan fingerprint density at radius 3 is 2.28 bits per heavy atom. The summed E-state index contributed by atoms with van der Waals surface area (Å²) in [5.74, 6) is -2.65. The van der Waals surface area contributed by atoms with E-state index in [4.69, 9.17) is 10.5 Å². The number of fused-ring (bicyclic) bond motifs is 3. The van der Waals surface area contributed by atoms with Crippen LogP contribution < -0.4 is 16.4 Å². The summed E-state index contributed by atoms with van der Waals surface area (Å²) in [5.41, 5.74) is 8.57. The average Bonchev–Trinajstić information content (AvgIpc) is 3.22. The first-order valence-corrected chi connectivity index (χ1v) is 13.3. The molecule has 0 aliphatic heterocycles. The predicted octanol–water partition coefficient (Wildman–Crippen LogP) is 4.46. The first-order valence-electron chi connectivity index (χ1n) is 13.3. The molecule has 0 spiro atoms. The smallest absolute Gasteiger partial charge is 0.329 e. The van der Waals surface area contributed by atoms with Crippen LogP contribution in [0.25, 0.3) is 11.1 Å². The number of carbonyl (C=O) groups excluding carboxylic acids is 2. The zero-order valence-electron chi connectivity index (χ0n) is 22.6. The number of hydrogen-bond acceptors (Lipinski definition) is 6. The van der Waals surface area contributed by atoms with Crippen LogP contribution in [0.5, 0.6) is 0 Å². The molecule has 1 amide bonds. The fourth-order valence-electron chi connectivity index (χ4n) is 5.00. The van der Waals surface area contributed by atoms with E-state index >= 15 is 0 Å². The fraction of sp³-hybridized carbons (Fsp3) is 0.387. The van der Waals surface area contributed by atoms with Gasteiger partial charge in [0.2, 0.25) is 5.91 Å². The number of carboxylic acid groups (broad SMARTS) is 1. The van der Waals surface area contributed by atoms with Gasteiger partial charge in [-0.15, -0.1) is 6.58 Å². The van der Waals surface area contributed by atoms with Gasteiger partial charge in [-0.3, -0.25) is 9.59 Å². The van der Waals surface area contributed by atoms with Crippen LogP contribution in [0.1, 0.15) is 62.5 Å². The Hall–Kier alpha value is -4.07. The number of benzene rings is 2. The van der Waals surface area contributed by atoms with E-state index < -0.39 is 29.3 Å². The SMILES string of the molecule is C=CCCC[C@](C)(NC(=O)[C@H](CCCNC(=C)N)CC(=O)OCC1c2ccccc2-c2ccccc21)C(=O)O. The lowest BCUT2D eigenvalue weighted by atomic mass is 9.91. The minimum absolute atomic E-state index is 0.0893. The minimum Gasteiger partial charge on any atom is -0.480 e. The zero-order valence-corrected chi connectivity index (χ0v) is 22.6. The van der Waals surface area contributed by atoms with Gasteiger partial charge in [0.15, 0.2) is 0 Å². The molecule has 1 aliphatic carbocycles. The van der Waals surface area contributed by atoms with Gasteiger partial charge in [-0.2, -0.15) is 0 Å². The van der Waals surface area contributed by atoms with Crippen LogP contribution in [0, 0.1) is 5.92 Å². The van der Waals surface area contributed by atoms with Crippen LogP contribution in [-0.2, 0) is 19.1 Å². The molecule has 0 saturated heterocycles. The summed E-state index contributed by atoms with van der Waals surface area (Å²) in [6.45, 7) is 9.37. The minimum atomic E-state index is -1.46. The maximum absolute atomic E-state index is 13.3. The zero-order chi connectivity index (χ0) is 28.4. The van der Waals surface area contributed by atoms with Gasteiger partial charge < -0.3 is 26.2 Å². The number of hydrogen-bond donors (Lipinski definition) is 4. The third-order valence-electron chi connectivity index (χ3n) is 7.19. The molecule has 0 fully saturated rings. The van der Waals surface area contributed by atoms with Crippen molar-refractivity contribution in [2.45, 2.75) is 56.9 Å². The van der Waals surface area contributed by atoms with Crippen molar-refractivity contribution >= 4 is 17.8 Å². The molecule has 3 rings (SSSR count). The average molecular weight is 534 g/mol. The molecule has 2 atom stereocenters. The van der Waals surface area contributed by atoms with Gasteiger partial charge in [-0.1, -0.05) is 61.2 Å². The lowest BCUT2D eigenvalue weighted by Gasteiger charge is -2.28. The molecule has 5 N–H and O–H groups in total. The maximum Gasteiger partial charge on any atom is 0.329 e. The number of amides is 1. The van der Waals surface area contributed by atoms with Crippen molar-refractivity contribution in [2.24, 2.45) is 11.7 Å². The Morgan fingerprint density at radius 1 is 1.10 bits per heavy atom. The first kappa shape index (κ1) is 29.5. The number of ether oxygens (including phenoxy) is 1. The maximum atomic E-state index is 13.3. The van der Waals surface area contributed by atoms with Crippen molar-refractivity contribution in [3.05, 3.63) is 84.7 Å². The van der Waals surface area contributed by atoms with Crippen LogP contribution in [0.2, 0.25) is 0 Å². The topological polar surface area (TPSA) is 131 Å². The molecule has 0 bridgehead atoms. The van der Waals surface area contributed by atoms with Crippen LogP contribution in [-0.4, -0.2) is 41.6 Å². The second kappa shape index (κ2) is 13.6. The summed E-state index contributed by atoms with van der Waals surface area (Å²) in [7, 11) is 0. The molecule has 0 heterocycles. The summed E-state index contributed by atoms with van der Waals surface area (Å²) in [6.07, 6.45) is 3.87. The molecular weight excluding hydrogens is 494 g/mol. The largest absolute Gasteiger partial charge is 0.480 e. The molecule has 1 aliphatic rings. The van der Waals surface area contributed by atoms with E-state index in [1.807, 2.05) is 36.4 Å². The summed E-state index contributed by atoms with van der Waals surface area (Å²) in [6, 6.07) is 16.1. The van der Waals surface area contributed by atoms with E-state index in [0.717, 1.165) is 22.3 Å². The van der Waals surface area contributed by atoms with Crippen molar-refractivity contribution in [2.75, 3.05) is 13.2 Å². The van der Waals surface area contributed by atoms with E-state index in [9.17, 15) is 19.5 Å². The molecule has 0 unspecified atom stereocenters. The van der Waals surface area contributed by atoms with E-state index in [-0.39, 0.29) is 25.4 Å². The Morgan fingerprint density at radius 2 is 1.72 bits per heavy atom. The number of unbranched alkanes of at least 4 members (excludes halogenated alkanes) is 1. The molecule has 8 nitrogen and oxygen atoms in total. The quantitative estimate of drug-likeness (QED) is 0.142. The molecule has 208 valence electrons. The predicted molar refractivity (Wildman–Crippen MR) is 152 cm³/mol. The second-order valence-corrected chi connectivity index (χ2v) is 10.2. The highest BCUT2D eigenvalue weighted by atomic mass is 16.5. The standard InChI is InChI=1S/C31H39N3O5/c1-4-5-10-17-31(3,30(37)38)34-29(36)22(12-11-18-33-21(2)32)19-28(35)39-20-27-25-15-8-6-13-23(25)24-14-7-9-16-26(24)27/h4,6-9,13-16,22,27,33H,1-2,5,10-12,17-20,32H2,3H3,(H,34,36)(H,37,38)/t22-,31+/m1/s1. The van der Waals surface area contributed by atoms with E-state index in [1.165, 1.54) is 6.92 Å². The Kier molecular flexibility index (Phi) is 10.3. The van der Waals surface area contributed by atoms with Crippen molar-refractivity contribution in [1.29, 1.82) is 0 Å². The Labute approximate surface area is 230 Å². The molecule has 0 aromatic heterocycles. The van der Waals surface area contributed by atoms with Crippen LogP contribution in [0.3, 0.4) is 0 Å². The summed E-state index contributed by atoms with van der Waals surface area (Å²) in [5, 5.41) is 15.4. The van der Waals surface area contributed by atoms with Gasteiger partial charge in [-0.25, -0.2) is 4.79 Å². The molecule has 2 aromatic rings. The highest BCUT2D eigenvalue weighted by Crippen LogP contribution is 2.44. The van der Waals surface area contributed by atoms with Gasteiger partial charge in [-0.05, 0) is 61.3 Å². The Bertz CT molecular complexity index is 1160. The van der Waals surface area contributed by atoms with Crippen LogP contribution in [0.4, 0.5) is 0 Å². The number of allylic oxidation sites excluding steroid dienone is 1. The summed E-state index contributed by atoms with van der Waals surface area (Å²) in [4.78, 5) is 38.3. The number of rotatable bonds is 16. The monoisotopic (exact) mass is 533 g/mol. The highest BCUT2D eigenvalue weighted by molar-refractivity contribution is 5.89. The lowest BCUT2D eigenvalue weighted by molar-refractivity contribution is -0.150. The van der Waals surface area contributed by atoms with Gasteiger partial charge in [0, 0.05) is 18.4 Å². The molecule has 0 radical (unpaired) electrons. The molecule has 0 saturated carbocycles. The van der Waals surface area contributed by atoms with Gasteiger partial charge in [0.25, 0.3) is 0 Å². The van der Waals surface area contributed by atoms with Crippen molar-refractivity contribution < 1.29 is 24.2 Å². The van der Waals surface area contributed by atoms with Crippen molar-refractivity contribution in [3.8, 4) is 11.1 Å². The van der Waals surface area contributed by atoms with Gasteiger partial charge >= 0.3 is 11.9 Å². The molecule has 8 heteroatoms. The van der Waals surface area contributed by atoms with E-state index in [1.54, 1.807) is 6.08 Å². The number of carbonyl (C=O) groups is 3. The lowest BCUT2D eigenvalue weighted by Crippen LogP contribution is -2.54. The fourth-order valence-corrected chi connectivity index (χ4v) is 5.00. The third kappa shape index (κ3) is 7.72. The van der Waals surface area contributed by atoms with Gasteiger partial charge in [0.1, 0.15) is 12.1 Å².